The fourth-order valence-electron chi connectivity index (χ4n) is 4.75. The minimum Gasteiger partial charge on any atom is -0.458 e. The van der Waals surface area contributed by atoms with Crippen molar-refractivity contribution in [3.05, 3.63) is 60.6 Å². The van der Waals surface area contributed by atoms with Gasteiger partial charge >= 0.3 is 5.97 Å². The number of hydrogen-bond donors (Lipinski definition) is 1. The van der Waals surface area contributed by atoms with E-state index in [4.69, 9.17) is 9.72 Å². The SMILES string of the molecule is CCc1c2c(nc3cc(F)c(C)c(Br)c13)-c1cc3c(c(=O)n1C2)COC(=O)[C@]3(O)CC. The Hall–Kier alpha value is -2.58. The van der Waals surface area contributed by atoms with Gasteiger partial charge in [0, 0.05) is 27.1 Å². The lowest BCUT2D eigenvalue weighted by molar-refractivity contribution is -0.172. The summed E-state index contributed by atoms with van der Waals surface area (Å²) in [5.41, 5.74) is 2.37. The van der Waals surface area contributed by atoms with Crippen molar-refractivity contribution in [1.29, 1.82) is 0 Å². The summed E-state index contributed by atoms with van der Waals surface area (Å²) < 4.78 is 21.8. The molecule has 0 saturated heterocycles. The van der Waals surface area contributed by atoms with Gasteiger partial charge in [-0.2, -0.15) is 0 Å². The Morgan fingerprint density at radius 2 is 2.03 bits per heavy atom. The fourth-order valence-corrected chi connectivity index (χ4v) is 5.38. The van der Waals surface area contributed by atoms with E-state index in [1.54, 1.807) is 24.5 Å². The molecular weight excluding hydrogens is 467 g/mol. The van der Waals surface area contributed by atoms with Crippen LogP contribution in [0.2, 0.25) is 0 Å². The molecule has 4 heterocycles. The van der Waals surface area contributed by atoms with Crippen LogP contribution in [0.1, 0.15) is 48.1 Å². The quantitative estimate of drug-likeness (QED) is 0.435. The first-order chi connectivity index (χ1) is 14.7. The van der Waals surface area contributed by atoms with E-state index in [9.17, 15) is 19.1 Å². The van der Waals surface area contributed by atoms with E-state index in [-0.39, 0.29) is 35.5 Å². The van der Waals surface area contributed by atoms with Gasteiger partial charge in [-0.3, -0.25) is 4.79 Å². The molecular formula is C23H20BrFN2O4. The van der Waals surface area contributed by atoms with E-state index in [0.717, 1.165) is 16.5 Å². The summed E-state index contributed by atoms with van der Waals surface area (Å²) in [6.45, 7) is 5.54. The molecule has 2 aliphatic rings. The molecule has 5 rings (SSSR count). The Morgan fingerprint density at radius 3 is 2.71 bits per heavy atom. The summed E-state index contributed by atoms with van der Waals surface area (Å²) in [7, 11) is 0. The lowest BCUT2D eigenvalue weighted by Crippen LogP contribution is -2.44. The van der Waals surface area contributed by atoms with Gasteiger partial charge in [0.2, 0.25) is 0 Å². The second-order valence-corrected chi connectivity index (χ2v) is 8.86. The predicted molar refractivity (Wildman–Crippen MR) is 116 cm³/mol. The Bertz CT molecular complexity index is 1380. The van der Waals surface area contributed by atoms with Gasteiger partial charge in [0.1, 0.15) is 12.4 Å². The van der Waals surface area contributed by atoms with Crippen molar-refractivity contribution < 1.29 is 19.0 Å². The summed E-state index contributed by atoms with van der Waals surface area (Å²) in [5, 5.41) is 11.8. The Labute approximate surface area is 185 Å². The molecule has 0 amide bonds. The third-order valence-electron chi connectivity index (χ3n) is 6.57. The molecule has 0 bridgehead atoms. The van der Waals surface area contributed by atoms with Gasteiger partial charge in [-0.05, 0) is 52.9 Å². The Balaban J connectivity index is 1.86. The van der Waals surface area contributed by atoms with Crippen LogP contribution in [0.25, 0.3) is 22.3 Å². The van der Waals surface area contributed by atoms with E-state index < -0.39 is 11.6 Å². The Kier molecular flexibility index (Phi) is 4.40. The molecule has 2 aliphatic heterocycles. The first-order valence-corrected chi connectivity index (χ1v) is 11.0. The molecule has 2 aromatic heterocycles. The number of nitrogens with zero attached hydrogens (tertiary/aromatic N) is 2. The van der Waals surface area contributed by atoms with Crippen LogP contribution in [-0.4, -0.2) is 20.6 Å². The average molecular weight is 487 g/mol. The van der Waals surface area contributed by atoms with Crippen molar-refractivity contribution in [3.63, 3.8) is 0 Å². The fraction of sp³-hybridized carbons (Fsp3) is 0.348. The first-order valence-electron chi connectivity index (χ1n) is 10.2. The number of pyridine rings is 2. The number of fused-ring (bicyclic) bond motifs is 5. The van der Waals surface area contributed by atoms with Gasteiger partial charge in [-0.1, -0.05) is 13.8 Å². The third-order valence-corrected chi connectivity index (χ3v) is 7.56. The maximum atomic E-state index is 14.5. The number of carbonyl (C=O) groups is 1. The molecule has 0 spiro atoms. The maximum Gasteiger partial charge on any atom is 0.343 e. The number of aromatic nitrogens is 2. The van der Waals surface area contributed by atoms with E-state index in [1.165, 1.54) is 6.07 Å². The normalized spacial score (nSPS) is 19.2. The number of benzene rings is 1. The molecule has 31 heavy (non-hydrogen) atoms. The summed E-state index contributed by atoms with van der Waals surface area (Å²) >= 11 is 3.53. The minimum absolute atomic E-state index is 0.0807. The summed E-state index contributed by atoms with van der Waals surface area (Å²) in [6, 6.07) is 3.08. The van der Waals surface area contributed by atoms with Gasteiger partial charge in [0.15, 0.2) is 5.60 Å². The van der Waals surface area contributed by atoms with Crippen molar-refractivity contribution in [2.45, 2.75) is 52.4 Å². The first kappa shape index (κ1) is 20.3. The number of esters is 1. The number of aliphatic hydroxyl groups is 1. The number of ether oxygens (including phenoxy) is 1. The van der Waals surface area contributed by atoms with Crippen LogP contribution < -0.4 is 5.56 Å². The van der Waals surface area contributed by atoms with Crippen LogP contribution in [0.5, 0.6) is 0 Å². The molecule has 0 unspecified atom stereocenters. The largest absolute Gasteiger partial charge is 0.458 e. The van der Waals surface area contributed by atoms with E-state index in [1.807, 2.05) is 6.92 Å². The van der Waals surface area contributed by atoms with Crippen LogP contribution in [-0.2, 0) is 34.7 Å². The molecule has 1 aromatic carbocycles. The van der Waals surface area contributed by atoms with Crippen molar-refractivity contribution in [1.82, 2.24) is 9.55 Å². The van der Waals surface area contributed by atoms with E-state index in [0.29, 0.717) is 39.9 Å². The second kappa shape index (κ2) is 6.71. The maximum absolute atomic E-state index is 14.5. The smallest absolute Gasteiger partial charge is 0.343 e. The number of halogens is 2. The number of cyclic esters (lactones) is 1. The lowest BCUT2D eigenvalue weighted by Gasteiger charge is -2.31. The number of rotatable bonds is 2. The van der Waals surface area contributed by atoms with Gasteiger partial charge in [-0.25, -0.2) is 14.2 Å². The summed E-state index contributed by atoms with van der Waals surface area (Å²) in [5.74, 6) is -1.12. The van der Waals surface area contributed by atoms with Gasteiger partial charge in [0.25, 0.3) is 5.56 Å². The zero-order valence-corrected chi connectivity index (χ0v) is 18.9. The number of aryl methyl sites for hydroxylation is 1. The summed E-state index contributed by atoms with van der Waals surface area (Å²) in [4.78, 5) is 30.3. The monoisotopic (exact) mass is 486 g/mol. The van der Waals surface area contributed by atoms with E-state index in [2.05, 4.69) is 15.9 Å². The van der Waals surface area contributed by atoms with Crippen LogP contribution in [0.4, 0.5) is 4.39 Å². The average Bonchev–Trinajstić information content (AvgIpc) is 3.12. The molecule has 3 aromatic rings. The predicted octanol–water partition coefficient (Wildman–Crippen LogP) is 3.85. The Morgan fingerprint density at radius 1 is 1.29 bits per heavy atom. The van der Waals surface area contributed by atoms with Crippen LogP contribution >= 0.6 is 15.9 Å². The van der Waals surface area contributed by atoms with Crippen molar-refractivity contribution in [2.75, 3.05) is 0 Å². The zero-order chi connectivity index (χ0) is 22.2. The van der Waals surface area contributed by atoms with Crippen molar-refractivity contribution in [3.8, 4) is 11.4 Å². The highest BCUT2D eigenvalue weighted by Crippen LogP contribution is 2.42. The zero-order valence-electron chi connectivity index (χ0n) is 17.3. The van der Waals surface area contributed by atoms with Crippen LogP contribution in [0.3, 0.4) is 0 Å². The topological polar surface area (TPSA) is 81.4 Å². The molecule has 8 heteroatoms. The van der Waals surface area contributed by atoms with Gasteiger partial charge < -0.3 is 14.4 Å². The van der Waals surface area contributed by atoms with Crippen molar-refractivity contribution in [2.24, 2.45) is 0 Å². The van der Waals surface area contributed by atoms with Gasteiger partial charge in [-0.15, -0.1) is 0 Å². The van der Waals surface area contributed by atoms with Crippen LogP contribution in [0, 0.1) is 12.7 Å². The highest BCUT2D eigenvalue weighted by Gasteiger charge is 2.45. The minimum atomic E-state index is -1.87. The van der Waals surface area contributed by atoms with Crippen LogP contribution in [0.15, 0.2) is 21.4 Å². The number of hydrogen-bond acceptors (Lipinski definition) is 5. The second-order valence-electron chi connectivity index (χ2n) is 8.07. The highest BCUT2D eigenvalue weighted by atomic mass is 79.9. The van der Waals surface area contributed by atoms with Gasteiger partial charge in [0.05, 0.1) is 29.0 Å². The molecule has 0 fully saturated rings. The van der Waals surface area contributed by atoms with Crippen molar-refractivity contribution >= 4 is 32.8 Å². The molecule has 0 saturated carbocycles. The molecule has 1 atom stereocenters. The molecule has 0 radical (unpaired) electrons. The molecule has 1 N–H and O–H groups in total. The summed E-state index contributed by atoms with van der Waals surface area (Å²) in [6.07, 6.45) is 0.755. The highest BCUT2D eigenvalue weighted by molar-refractivity contribution is 9.10. The standard InChI is InChI=1S/C23H20BrFN2O4/c1-4-11-12-8-27-17(20(12)26-16-7-15(25)10(3)19(24)18(11)16)6-14-13(21(27)28)9-31-22(29)23(14,30)5-2/h6-7,30H,4-5,8-9H2,1-3H3/t23-/m0/s1. The molecule has 160 valence electrons. The lowest BCUT2D eigenvalue weighted by atomic mass is 9.86. The molecule has 0 aliphatic carbocycles. The number of carbonyl (C=O) groups excluding carboxylic acids is 1. The van der Waals surface area contributed by atoms with E-state index >= 15 is 0 Å². The third kappa shape index (κ3) is 2.55. The molecule has 6 nitrogen and oxygen atoms in total.